The summed E-state index contributed by atoms with van der Waals surface area (Å²) in [5.41, 5.74) is 18.1. The molecule has 0 saturated heterocycles. The van der Waals surface area contributed by atoms with Crippen molar-refractivity contribution in [3.8, 4) is 67.8 Å². The van der Waals surface area contributed by atoms with Crippen LogP contribution in [0.1, 0.15) is 105 Å². The molecule has 4 heterocycles. The first-order valence-electron chi connectivity index (χ1n) is 27.4. The number of hydrogen-bond donors (Lipinski definition) is 0. The Bertz CT molecular complexity index is 4080. The van der Waals surface area contributed by atoms with Crippen molar-refractivity contribution in [3.63, 3.8) is 0 Å². The van der Waals surface area contributed by atoms with Crippen molar-refractivity contribution in [1.29, 1.82) is 0 Å². The second-order valence-corrected chi connectivity index (χ2v) is 25.3. The number of rotatable bonds is 7. The second kappa shape index (κ2) is 18.6. The van der Waals surface area contributed by atoms with Crippen molar-refractivity contribution >= 4 is 43.6 Å². The minimum Gasteiger partial charge on any atom is -0.309 e. The Morgan fingerprint density at radius 2 is 0.692 bits per heavy atom. The fourth-order valence-corrected chi connectivity index (χ4v) is 11.1. The molecule has 0 saturated carbocycles. The number of pyridine rings is 1. The summed E-state index contributed by atoms with van der Waals surface area (Å²) in [6.45, 7) is 27.4. The summed E-state index contributed by atoms with van der Waals surface area (Å²) in [5, 5.41) is 4.76. The van der Waals surface area contributed by atoms with E-state index in [-0.39, 0.29) is 21.7 Å². The molecule has 0 unspecified atom stereocenters. The minimum absolute atomic E-state index is 0.114. The maximum Gasteiger partial charge on any atom is 0.164 e. The van der Waals surface area contributed by atoms with Crippen molar-refractivity contribution in [2.24, 2.45) is 0 Å². The lowest BCUT2D eigenvalue weighted by atomic mass is 9.79. The molecule has 6 heteroatoms. The van der Waals surface area contributed by atoms with Crippen LogP contribution in [0.25, 0.3) is 111 Å². The zero-order chi connectivity index (χ0) is 54.5. The molecule has 0 bridgehead atoms. The molecular formula is C72H68N6. The van der Waals surface area contributed by atoms with E-state index in [1.165, 1.54) is 54.9 Å². The monoisotopic (exact) mass is 1020 g/mol. The maximum absolute atomic E-state index is 5.55. The average Bonchev–Trinajstić information content (AvgIpc) is 4.16. The summed E-state index contributed by atoms with van der Waals surface area (Å²) in [4.78, 5) is 21.5. The summed E-state index contributed by atoms with van der Waals surface area (Å²) in [6, 6.07) is 66.5. The van der Waals surface area contributed by atoms with Crippen LogP contribution < -0.4 is 0 Å². The molecule has 0 aliphatic heterocycles. The lowest BCUT2D eigenvalue weighted by molar-refractivity contribution is 0.568. The van der Waals surface area contributed by atoms with E-state index in [1.807, 2.05) is 12.4 Å². The van der Waals surface area contributed by atoms with E-state index in [0.717, 1.165) is 61.3 Å². The molecule has 8 aromatic carbocycles. The van der Waals surface area contributed by atoms with Gasteiger partial charge in [0.1, 0.15) is 0 Å². The van der Waals surface area contributed by atoms with E-state index in [2.05, 4.69) is 274 Å². The third-order valence-corrected chi connectivity index (χ3v) is 15.7. The number of fused-ring (bicyclic) bond motifs is 6. The predicted molar refractivity (Wildman–Crippen MR) is 328 cm³/mol. The number of para-hydroxylation sites is 3. The third kappa shape index (κ3) is 9.07. The summed E-state index contributed by atoms with van der Waals surface area (Å²) in [7, 11) is 0. The zero-order valence-electron chi connectivity index (χ0n) is 47.2. The Kier molecular flexibility index (Phi) is 12.0. The van der Waals surface area contributed by atoms with Crippen molar-refractivity contribution in [2.75, 3.05) is 0 Å². The molecule has 6 nitrogen and oxygen atoms in total. The van der Waals surface area contributed by atoms with Crippen LogP contribution in [0.5, 0.6) is 0 Å². The van der Waals surface area contributed by atoms with Crippen molar-refractivity contribution in [3.05, 3.63) is 217 Å². The lowest BCUT2D eigenvalue weighted by Gasteiger charge is -2.26. The SMILES string of the molecule is CC(C)(C)c1cc(-c2nc(-c3cc(C(C)(C)C)cc(C(C)(C)C)c3)nc(-c3ccc(-n4c5ccccc5c5ccccc54)c(-c4cnccc4-n4c5ccccc5c5cc(-c6ccccc6)ccc54)c3)n2)cc(C(C)(C)C)c1. The molecule has 0 aliphatic carbocycles. The molecule has 0 spiro atoms. The first-order valence-corrected chi connectivity index (χ1v) is 27.4. The van der Waals surface area contributed by atoms with Crippen LogP contribution in [0, 0.1) is 0 Å². The van der Waals surface area contributed by atoms with Gasteiger partial charge in [-0.15, -0.1) is 0 Å². The largest absolute Gasteiger partial charge is 0.309 e. The molecule has 78 heavy (non-hydrogen) atoms. The molecule has 386 valence electrons. The summed E-state index contributed by atoms with van der Waals surface area (Å²) in [5.74, 6) is 1.87. The van der Waals surface area contributed by atoms with Gasteiger partial charge in [0.05, 0.1) is 33.4 Å². The van der Waals surface area contributed by atoms with Crippen LogP contribution in [-0.4, -0.2) is 29.1 Å². The zero-order valence-corrected chi connectivity index (χ0v) is 47.2. The topological polar surface area (TPSA) is 61.4 Å². The van der Waals surface area contributed by atoms with Crippen molar-refractivity contribution in [1.82, 2.24) is 29.1 Å². The van der Waals surface area contributed by atoms with E-state index in [1.54, 1.807) is 0 Å². The van der Waals surface area contributed by atoms with E-state index < -0.39 is 0 Å². The fourth-order valence-electron chi connectivity index (χ4n) is 11.1. The van der Waals surface area contributed by atoms with Gasteiger partial charge in [0.25, 0.3) is 0 Å². The van der Waals surface area contributed by atoms with E-state index >= 15 is 0 Å². The Morgan fingerprint density at radius 3 is 1.17 bits per heavy atom. The number of nitrogens with zero attached hydrogens (tertiary/aromatic N) is 6. The van der Waals surface area contributed by atoms with E-state index in [4.69, 9.17) is 19.9 Å². The van der Waals surface area contributed by atoms with Gasteiger partial charge >= 0.3 is 0 Å². The highest BCUT2D eigenvalue weighted by Gasteiger charge is 2.27. The van der Waals surface area contributed by atoms with Crippen LogP contribution in [0.3, 0.4) is 0 Å². The first kappa shape index (κ1) is 50.3. The molecule has 0 radical (unpaired) electrons. The molecule has 0 atom stereocenters. The van der Waals surface area contributed by atoms with Crippen LogP contribution >= 0.6 is 0 Å². The maximum atomic E-state index is 5.55. The van der Waals surface area contributed by atoms with Crippen LogP contribution in [-0.2, 0) is 21.7 Å². The van der Waals surface area contributed by atoms with Gasteiger partial charge in [0.2, 0.25) is 0 Å². The molecule has 0 amide bonds. The molecule has 0 N–H and O–H groups in total. The van der Waals surface area contributed by atoms with E-state index in [0.29, 0.717) is 17.5 Å². The van der Waals surface area contributed by atoms with Crippen LogP contribution in [0.2, 0.25) is 0 Å². The highest BCUT2D eigenvalue weighted by atomic mass is 15.0. The van der Waals surface area contributed by atoms with Gasteiger partial charge in [-0.25, -0.2) is 15.0 Å². The first-order chi connectivity index (χ1) is 37.2. The highest BCUT2D eigenvalue weighted by Crippen LogP contribution is 2.44. The second-order valence-electron chi connectivity index (χ2n) is 25.3. The van der Waals surface area contributed by atoms with Gasteiger partial charge in [0, 0.05) is 61.8 Å². The van der Waals surface area contributed by atoms with Crippen molar-refractivity contribution in [2.45, 2.75) is 105 Å². The number of benzene rings is 8. The van der Waals surface area contributed by atoms with Gasteiger partial charge < -0.3 is 9.13 Å². The fraction of sp³-hybridized carbons (Fsp3) is 0.222. The van der Waals surface area contributed by atoms with E-state index in [9.17, 15) is 0 Å². The van der Waals surface area contributed by atoms with Crippen LogP contribution in [0.4, 0.5) is 0 Å². The van der Waals surface area contributed by atoms with Crippen LogP contribution in [0.15, 0.2) is 194 Å². The quantitative estimate of drug-likeness (QED) is 0.160. The normalized spacial score (nSPS) is 12.6. The molecule has 0 aliphatic rings. The Morgan fingerprint density at radius 1 is 0.295 bits per heavy atom. The van der Waals surface area contributed by atoms with Gasteiger partial charge in [0.15, 0.2) is 17.5 Å². The molecule has 12 rings (SSSR count). The molecule has 0 fully saturated rings. The number of hydrogen-bond acceptors (Lipinski definition) is 4. The van der Waals surface area contributed by atoms with Gasteiger partial charge in [-0.2, -0.15) is 0 Å². The smallest absolute Gasteiger partial charge is 0.164 e. The lowest BCUT2D eigenvalue weighted by Crippen LogP contribution is -2.17. The Balaban J connectivity index is 1.16. The molecule has 4 aromatic heterocycles. The van der Waals surface area contributed by atoms with Gasteiger partial charge in [-0.1, -0.05) is 186 Å². The van der Waals surface area contributed by atoms with Gasteiger partial charge in [-0.3, -0.25) is 4.98 Å². The standard InChI is InChI=1S/C72H68N6/c1-69(2,3)50-36-48(37-51(42-50)70(4,5)6)67-74-66(75-68(76-67)49-38-52(71(7,8)9)43-53(39-49)72(10,11)12)47-31-33-64(77-60-27-19-16-24-54(60)55-25-17-20-28-61(55)77)58(41-47)59-44-73-35-34-65(59)78-62-29-21-18-26-56(62)57-40-46(30-32-63(57)78)45-22-14-13-15-23-45/h13-44H,1-12H3. The summed E-state index contributed by atoms with van der Waals surface area (Å²) < 4.78 is 4.84. The Labute approximate surface area is 459 Å². The Hall–Kier alpha value is -8.48. The minimum atomic E-state index is -0.114. The summed E-state index contributed by atoms with van der Waals surface area (Å²) in [6.07, 6.45) is 3.95. The van der Waals surface area contributed by atoms with Crippen molar-refractivity contribution < 1.29 is 0 Å². The molecular weight excluding hydrogens is 949 g/mol. The molecule has 12 aromatic rings. The summed E-state index contributed by atoms with van der Waals surface area (Å²) >= 11 is 0. The van der Waals surface area contributed by atoms with Gasteiger partial charge in [-0.05, 0) is 134 Å². The predicted octanol–water partition coefficient (Wildman–Crippen LogP) is 19.0. The average molecular weight is 1020 g/mol. The number of aromatic nitrogens is 6. The highest BCUT2D eigenvalue weighted by molar-refractivity contribution is 6.12. The third-order valence-electron chi connectivity index (χ3n) is 15.7.